The Morgan fingerprint density at radius 1 is 1.17 bits per heavy atom. The van der Waals surface area contributed by atoms with Crippen LogP contribution in [-0.2, 0) is 4.79 Å². The first kappa shape index (κ1) is 20.9. The number of nitrogens with one attached hydrogen (secondary N) is 1. The predicted octanol–water partition coefficient (Wildman–Crippen LogP) is 4.25. The van der Waals surface area contributed by atoms with Gasteiger partial charge < -0.3 is 10.1 Å². The average molecular weight is 411 g/mol. The highest BCUT2D eigenvalue weighted by molar-refractivity contribution is 7.99. The molecule has 0 spiro atoms. The zero-order valence-corrected chi connectivity index (χ0v) is 18.0. The molecule has 3 rings (SSSR count). The number of nitrogens with zero attached hydrogens (tertiary/aromatic N) is 3. The Hall–Kier alpha value is -2.80. The third-order valence-corrected chi connectivity index (χ3v) is 5.63. The molecule has 3 aromatic rings. The number of hydrogen-bond acceptors (Lipinski definition) is 5. The van der Waals surface area contributed by atoms with Gasteiger partial charge in [-0.25, -0.2) is 0 Å². The summed E-state index contributed by atoms with van der Waals surface area (Å²) in [4.78, 5) is 12.4. The van der Waals surface area contributed by atoms with E-state index in [0.717, 1.165) is 17.0 Å². The lowest BCUT2D eigenvalue weighted by atomic mass is 10.1. The maximum Gasteiger partial charge on any atom is 0.230 e. The lowest BCUT2D eigenvalue weighted by Gasteiger charge is -2.15. The summed E-state index contributed by atoms with van der Waals surface area (Å²) in [7, 11) is 0. The second kappa shape index (κ2) is 9.60. The highest BCUT2D eigenvalue weighted by Gasteiger charge is 2.13. The normalized spacial score (nSPS) is 11.9. The van der Waals surface area contributed by atoms with Gasteiger partial charge in [-0.05, 0) is 68.7 Å². The molecule has 0 radical (unpaired) electrons. The van der Waals surface area contributed by atoms with Gasteiger partial charge in [-0.1, -0.05) is 30.0 Å². The summed E-state index contributed by atoms with van der Waals surface area (Å²) in [5.74, 6) is 1.05. The number of carbonyl (C=O) groups is 1. The van der Waals surface area contributed by atoms with Gasteiger partial charge in [0.15, 0.2) is 5.16 Å². The van der Waals surface area contributed by atoms with Gasteiger partial charge in [0.05, 0.1) is 18.4 Å². The smallest absolute Gasteiger partial charge is 0.230 e. The number of benzene rings is 2. The minimum Gasteiger partial charge on any atom is -0.494 e. The van der Waals surface area contributed by atoms with Crippen molar-refractivity contribution in [3.63, 3.8) is 0 Å². The second-order valence-corrected chi connectivity index (χ2v) is 7.77. The number of ether oxygens (including phenoxy) is 1. The van der Waals surface area contributed by atoms with Crippen LogP contribution in [0.3, 0.4) is 0 Å². The van der Waals surface area contributed by atoms with Crippen molar-refractivity contribution in [2.75, 3.05) is 12.4 Å². The molecule has 152 valence electrons. The molecule has 0 saturated carbocycles. The zero-order chi connectivity index (χ0) is 20.8. The maximum absolute atomic E-state index is 12.4. The highest BCUT2D eigenvalue weighted by Crippen LogP contribution is 2.22. The molecule has 6 nitrogen and oxygen atoms in total. The van der Waals surface area contributed by atoms with Gasteiger partial charge in [-0.15, -0.1) is 10.2 Å². The van der Waals surface area contributed by atoms with Crippen molar-refractivity contribution in [3.8, 4) is 11.4 Å². The van der Waals surface area contributed by atoms with Crippen LogP contribution >= 0.6 is 11.8 Å². The topological polar surface area (TPSA) is 69.0 Å². The molecule has 0 bridgehead atoms. The Morgan fingerprint density at radius 3 is 2.62 bits per heavy atom. The fraction of sp³-hybridized carbons (Fsp3) is 0.318. The maximum atomic E-state index is 12.4. The van der Waals surface area contributed by atoms with Crippen LogP contribution in [0.4, 0.5) is 0 Å². The summed E-state index contributed by atoms with van der Waals surface area (Å²) in [5.41, 5.74) is 4.46. The van der Waals surface area contributed by atoms with Gasteiger partial charge in [-0.3, -0.25) is 9.36 Å². The van der Waals surface area contributed by atoms with Gasteiger partial charge in [0, 0.05) is 5.69 Å². The number of aromatic nitrogens is 3. The molecule has 1 aromatic heterocycles. The molecule has 0 aliphatic rings. The lowest BCUT2D eigenvalue weighted by molar-refractivity contribution is -0.119. The fourth-order valence-electron chi connectivity index (χ4n) is 2.89. The third-order valence-electron chi connectivity index (χ3n) is 4.69. The molecule has 1 unspecified atom stereocenters. The van der Waals surface area contributed by atoms with Crippen LogP contribution in [0.2, 0.25) is 0 Å². The van der Waals surface area contributed by atoms with Crippen molar-refractivity contribution in [2.45, 2.75) is 38.9 Å². The van der Waals surface area contributed by atoms with Gasteiger partial charge in [0.1, 0.15) is 12.1 Å². The SMILES string of the molecule is CCOc1ccc(C(C)NC(=O)CSc2nncn2-c2ccc(C)c(C)c2)cc1. The number of hydrogen-bond donors (Lipinski definition) is 1. The van der Waals surface area contributed by atoms with Crippen LogP contribution in [0, 0.1) is 13.8 Å². The number of aryl methyl sites for hydroxylation is 2. The van der Waals surface area contributed by atoms with Crippen LogP contribution in [-0.4, -0.2) is 33.0 Å². The summed E-state index contributed by atoms with van der Waals surface area (Å²) < 4.78 is 7.36. The first-order valence-corrected chi connectivity index (χ1v) is 10.6. The van der Waals surface area contributed by atoms with Crippen LogP contribution < -0.4 is 10.1 Å². The third kappa shape index (κ3) is 5.38. The quantitative estimate of drug-likeness (QED) is 0.562. The van der Waals surface area contributed by atoms with E-state index in [0.29, 0.717) is 11.8 Å². The molecular weight excluding hydrogens is 384 g/mol. The Kier molecular flexibility index (Phi) is 6.93. The summed E-state index contributed by atoms with van der Waals surface area (Å²) in [6.07, 6.45) is 1.67. The van der Waals surface area contributed by atoms with Gasteiger partial charge >= 0.3 is 0 Å². The molecule has 1 amide bonds. The molecular formula is C22H26N4O2S. The summed E-state index contributed by atoms with van der Waals surface area (Å²) in [6, 6.07) is 13.9. The highest BCUT2D eigenvalue weighted by atomic mass is 32.2. The van der Waals surface area contributed by atoms with Gasteiger partial charge in [0.25, 0.3) is 0 Å². The van der Waals surface area contributed by atoms with Gasteiger partial charge in [-0.2, -0.15) is 0 Å². The van der Waals surface area contributed by atoms with E-state index in [-0.39, 0.29) is 17.7 Å². The molecule has 0 saturated heterocycles. The molecule has 1 N–H and O–H groups in total. The van der Waals surface area contributed by atoms with Crippen LogP contribution in [0.15, 0.2) is 53.9 Å². The largest absolute Gasteiger partial charge is 0.494 e. The van der Waals surface area contributed by atoms with E-state index in [1.807, 2.05) is 48.7 Å². The van der Waals surface area contributed by atoms with Crippen molar-refractivity contribution in [2.24, 2.45) is 0 Å². The molecule has 1 atom stereocenters. The minimum atomic E-state index is -0.0867. The van der Waals surface area contributed by atoms with Gasteiger partial charge in [0.2, 0.25) is 5.91 Å². The Bertz CT molecular complexity index is 969. The van der Waals surface area contributed by atoms with Crippen LogP contribution in [0.5, 0.6) is 5.75 Å². The predicted molar refractivity (Wildman–Crippen MR) is 116 cm³/mol. The summed E-state index contributed by atoms with van der Waals surface area (Å²) in [5, 5.41) is 11.9. The first-order valence-electron chi connectivity index (χ1n) is 9.60. The first-order chi connectivity index (χ1) is 14.0. The van der Waals surface area contributed by atoms with E-state index >= 15 is 0 Å². The molecule has 29 heavy (non-hydrogen) atoms. The van der Waals surface area contributed by atoms with Crippen molar-refractivity contribution in [1.82, 2.24) is 20.1 Å². The van der Waals surface area contributed by atoms with Crippen LogP contribution in [0.25, 0.3) is 5.69 Å². The van der Waals surface area contributed by atoms with Crippen molar-refractivity contribution in [3.05, 3.63) is 65.5 Å². The van der Waals surface area contributed by atoms with Crippen LogP contribution in [0.1, 0.15) is 36.6 Å². The Balaban J connectivity index is 1.58. The second-order valence-electron chi connectivity index (χ2n) is 6.83. The van der Waals surface area contributed by atoms with E-state index in [1.54, 1.807) is 6.33 Å². The van der Waals surface area contributed by atoms with Crippen molar-refractivity contribution in [1.29, 1.82) is 0 Å². The number of amides is 1. The van der Waals surface area contributed by atoms with E-state index in [1.165, 1.54) is 22.9 Å². The van der Waals surface area contributed by atoms with E-state index in [4.69, 9.17) is 4.74 Å². The standard InChI is InChI=1S/C22H26N4O2S/c1-5-28-20-10-7-18(8-11-20)17(4)24-21(27)13-29-22-25-23-14-26(22)19-9-6-15(2)16(3)12-19/h6-12,14,17H,5,13H2,1-4H3,(H,24,27). The van der Waals surface area contributed by atoms with E-state index < -0.39 is 0 Å². The monoisotopic (exact) mass is 410 g/mol. The molecule has 0 aliphatic heterocycles. The minimum absolute atomic E-state index is 0.0500. The van der Waals surface area contributed by atoms with E-state index in [9.17, 15) is 4.79 Å². The average Bonchev–Trinajstić information content (AvgIpc) is 3.18. The van der Waals surface area contributed by atoms with Crippen molar-refractivity contribution >= 4 is 17.7 Å². The summed E-state index contributed by atoms with van der Waals surface area (Å²) in [6.45, 7) is 8.71. The summed E-state index contributed by atoms with van der Waals surface area (Å²) >= 11 is 1.37. The molecule has 0 aliphatic carbocycles. The molecule has 7 heteroatoms. The van der Waals surface area contributed by atoms with Crippen molar-refractivity contribution < 1.29 is 9.53 Å². The fourth-order valence-corrected chi connectivity index (χ4v) is 3.63. The van der Waals surface area contributed by atoms with E-state index in [2.05, 4.69) is 41.5 Å². The Labute approximate surface area is 175 Å². The molecule has 1 heterocycles. The molecule has 2 aromatic carbocycles. The number of rotatable bonds is 8. The zero-order valence-electron chi connectivity index (χ0n) is 17.2. The lowest BCUT2D eigenvalue weighted by Crippen LogP contribution is -2.28. The number of carbonyl (C=O) groups excluding carboxylic acids is 1. The molecule has 0 fully saturated rings. The number of thioether (sulfide) groups is 1. The Morgan fingerprint density at radius 2 is 1.93 bits per heavy atom.